The van der Waals surface area contributed by atoms with Crippen molar-refractivity contribution in [2.24, 2.45) is 0 Å². The van der Waals surface area contributed by atoms with Crippen LogP contribution < -0.4 is 10.1 Å². The molecule has 0 amide bonds. The van der Waals surface area contributed by atoms with Crippen molar-refractivity contribution >= 4 is 20.7 Å². The molecule has 0 atom stereocenters. The van der Waals surface area contributed by atoms with Crippen LogP contribution in [0.5, 0.6) is 5.75 Å². The minimum atomic E-state index is -3.47. The number of piperidine rings is 1. The van der Waals surface area contributed by atoms with Gasteiger partial charge in [0.25, 0.3) is 0 Å². The minimum Gasteiger partial charge on any atom is -0.490 e. The molecule has 2 aromatic carbocycles. The minimum absolute atomic E-state index is 0.0446. The lowest BCUT2D eigenvalue weighted by molar-refractivity contribution is 0.164. The van der Waals surface area contributed by atoms with Crippen molar-refractivity contribution in [2.75, 3.05) is 19.3 Å². The highest BCUT2D eigenvalue weighted by Crippen LogP contribution is 2.34. The molecule has 28 heavy (non-hydrogen) atoms. The summed E-state index contributed by atoms with van der Waals surface area (Å²) in [5.74, 6) is 0.133. The number of fused-ring (bicyclic) bond motifs is 1. The Morgan fingerprint density at radius 1 is 1.11 bits per heavy atom. The maximum absolute atomic E-state index is 14.7. The summed E-state index contributed by atoms with van der Waals surface area (Å²) in [6.45, 7) is 1.85. The molecule has 0 radical (unpaired) electrons. The highest BCUT2D eigenvalue weighted by atomic mass is 32.2. The standard InChI is InChI=1S/C21H21FN2O3S/c1-28(25,26)15-5-6-16(19(22)13-15)17-3-2-4-18-20(9-12-24-21(17)18)27-14-7-10-23-11-8-14/h2-6,9,12-14,23H,7-8,10-11H2,1H3. The Bertz CT molecular complexity index is 1130. The molecule has 1 aliphatic heterocycles. The normalized spacial score (nSPS) is 15.6. The monoisotopic (exact) mass is 400 g/mol. The van der Waals surface area contributed by atoms with Crippen molar-refractivity contribution in [3.63, 3.8) is 0 Å². The van der Waals surface area contributed by atoms with Gasteiger partial charge in [-0.15, -0.1) is 0 Å². The van der Waals surface area contributed by atoms with E-state index >= 15 is 0 Å². The number of rotatable bonds is 4. The van der Waals surface area contributed by atoms with Gasteiger partial charge >= 0.3 is 0 Å². The Kier molecular flexibility index (Phi) is 5.03. The van der Waals surface area contributed by atoms with Gasteiger partial charge in [0.2, 0.25) is 0 Å². The quantitative estimate of drug-likeness (QED) is 0.725. The third-order valence-electron chi connectivity index (χ3n) is 4.97. The lowest BCUT2D eigenvalue weighted by atomic mass is 10.0. The van der Waals surface area contributed by atoms with Crippen LogP contribution in [0.15, 0.2) is 53.6 Å². The van der Waals surface area contributed by atoms with E-state index < -0.39 is 15.7 Å². The molecule has 5 nitrogen and oxygen atoms in total. The Labute approximate surface area is 163 Å². The fourth-order valence-corrected chi connectivity index (χ4v) is 4.14. The van der Waals surface area contributed by atoms with E-state index in [9.17, 15) is 12.8 Å². The average molecular weight is 400 g/mol. The van der Waals surface area contributed by atoms with Crippen LogP contribution in [0.4, 0.5) is 4.39 Å². The number of halogens is 1. The zero-order valence-electron chi connectivity index (χ0n) is 15.5. The van der Waals surface area contributed by atoms with Gasteiger partial charge in [0.05, 0.1) is 10.4 Å². The maximum Gasteiger partial charge on any atom is 0.175 e. The van der Waals surface area contributed by atoms with Crippen molar-refractivity contribution in [2.45, 2.75) is 23.8 Å². The van der Waals surface area contributed by atoms with Gasteiger partial charge in [-0.1, -0.05) is 18.2 Å². The predicted molar refractivity (Wildman–Crippen MR) is 107 cm³/mol. The van der Waals surface area contributed by atoms with E-state index in [-0.39, 0.29) is 11.0 Å². The number of sulfone groups is 1. The van der Waals surface area contributed by atoms with Crippen LogP contribution in [-0.4, -0.2) is 38.9 Å². The number of aromatic nitrogens is 1. The fraction of sp³-hybridized carbons (Fsp3) is 0.286. The van der Waals surface area contributed by atoms with Crippen molar-refractivity contribution in [1.29, 1.82) is 0 Å². The Hall–Kier alpha value is -2.51. The van der Waals surface area contributed by atoms with Crippen LogP contribution in [0.25, 0.3) is 22.0 Å². The molecule has 4 rings (SSSR count). The van der Waals surface area contributed by atoms with Gasteiger partial charge in [-0.3, -0.25) is 4.98 Å². The number of hydrogen-bond acceptors (Lipinski definition) is 5. The van der Waals surface area contributed by atoms with Gasteiger partial charge < -0.3 is 10.1 Å². The summed E-state index contributed by atoms with van der Waals surface area (Å²) in [7, 11) is -3.47. The molecule has 1 fully saturated rings. The summed E-state index contributed by atoms with van der Waals surface area (Å²) in [6, 6.07) is 11.3. The largest absolute Gasteiger partial charge is 0.490 e. The first kappa shape index (κ1) is 18.8. The van der Waals surface area contributed by atoms with Crippen molar-refractivity contribution < 1.29 is 17.5 Å². The molecule has 146 valence electrons. The van der Waals surface area contributed by atoms with E-state index in [1.165, 1.54) is 12.1 Å². The van der Waals surface area contributed by atoms with E-state index in [4.69, 9.17) is 4.74 Å². The van der Waals surface area contributed by atoms with E-state index in [1.807, 2.05) is 18.2 Å². The van der Waals surface area contributed by atoms with Gasteiger partial charge in [0.15, 0.2) is 9.84 Å². The van der Waals surface area contributed by atoms with Gasteiger partial charge in [-0.2, -0.15) is 0 Å². The number of pyridine rings is 1. The first-order valence-electron chi connectivity index (χ1n) is 9.18. The summed E-state index contributed by atoms with van der Waals surface area (Å²) >= 11 is 0. The van der Waals surface area contributed by atoms with E-state index in [0.717, 1.165) is 49.4 Å². The molecule has 0 saturated carbocycles. The predicted octanol–water partition coefficient (Wildman–Crippen LogP) is 3.58. The topological polar surface area (TPSA) is 68.3 Å². The Morgan fingerprint density at radius 3 is 2.61 bits per heavy atom. The zero-order chi connectivity index (χ0) is 19.7. The molecule has 3 aromatic rings. The summed E-state index contributed by atoms with van der Waals surface area (Å²) in [4.78, 5) is 4.40. The van der Waals surface area contributed by atoms with Crippen molar-refractivity contribution in [3.8, 4) is 16.9 Å². The lowest BCUT2D eigenvalue weighted by Crippen LogP contribution is -2.34. The van der Waals surface area contributed by atoms with Gasteiger partial charge in [-0.25, -0.2) is 12.8 Å². The van der Waals surface area contributed by atoms with Gasteiger partial charge in [-0.05, 0) is 50.2 Å². The fourth-order valence-electron chi connectivity index (χ4n) is 3.51. The van der Waals surface area contributed by atoms with Crippen LogP contribution in [0.2, 0.25) is 0 Å². The molecule has 0 bridgehead atoms. The first-order valence-corrected chi connectivity index (χ1v) is 11.1. The van der Waals surface area contributed by atoms with Crippen molar-refractivity contribution in [1.82, 2.24) is 10.3 Å². The molecular formula is C21H21FN2O3S. The third-order valence-corrected chi connectivity index (χ3v) is 6.08. The van der Waals surface area contributed by atoms with Gasteiger partial charge in [0, 0.05) is 29.0 Å². The van der Waals surface area contributed by atoms with E-state index in [1.54, 1.807) is 12.3 Å². The lowest BCUT2D eigenvalue weighted by Gasteiger charge is -2.24. The number of benzene rings is 2. The Morgan fingerprint density at radius 2 is 1.89 bits per heavy atom. The molecule has 7 heteroatoms. The second-order valence-electron chi connectivity index (χ2n) is 6.99. The number of nitrogens with one attached hydrogen (secondary N) is 1. The van der Waals surface area contributed by atoms with E-state index in [2.05, 4.69) is 10.3 Å². The van der Waals surface area contributed by atoms with Crippen LogP contribution in [0, 0.1) is 5.82 Å². The zero-order valence-corrected chi connectivity index (χ0v) is 16.3. The average Bonchev–Trinajstić information content (AvgIpc) is 2.68. The first-order chi connectivity index (χ1) is 13.4. The summed E-state index contributed by atoms with van der Waals surface area (Å²) in [5.41, 5.74) is 1.54. The highest BCUT2D eigenvalue weighted by molar-refractivity contribution is 7.90. The number of para-hydroxylation sites is 1. The third kappa shape index (κ3) is 3.72. The smallest absolute Gasteiger partial charge is 0.175 e. The molecule has 0 aliphatic carbocycles. The molecule has 0 spiro atoms. The molecule has 1 aliphatic rings. The molecule has 1 N–H and O–H groups in total. The highest BCUT2D eigenvalue weighted by Gasteiger charge is 2.18. The Balaban J connectivity index is 1.77. The second-order valence-corrected chi connectivity index (χ2v) is 9.01. The van der Waals surface area contributed by atoms with Gasteiger partial charge in [0.1, 0.15) is 17.7 Å². The SMILES string of the molecule is CS(=O)(=O)c1ccc(-c2cccc3c(OC4CCNCC4)ccnc23)c(F)c1. The molecule has 0 unspecified atom stereocenters. The number of hydrogen-bond donors (Lipinski definition) is 1. The molecule has 1 aromatic heterocycles. The summed E-state index contributed by atoms with van der Waals surface area (Å²) in [5, 5.41) is 4.12. The van der Waals surface area contributed by atoms with Crippen LogP contribution in [0.1, 0.15) is 12.8 Å². The molecule has 2 heterocycles. The maximum atomic E-state index is 14.7. The molecular weight excluding hydrogens is 379 g/mol. The van der Waals surface area contributed by atoms with Crippen LogP contribution >= 0.6 is 0 Å². The second kappa shape index (κ2) is 7.48. The summed E-state index contributed by atoms with van der Waals surface area (Å²) < 4.78 is 44.3. The van der Waals surface area contributed by atoms with Crippen molar-refractivity contribution in [3.05, 3.63) is 54.5 Å². The van der Waals surface area contributed by atoms with Crippen LogP contribution in [-0.2, 0) is 9.84 Å². The summed E-state index contributed by atoms with van der Waals surface area (Å²) in [6.07, 6.45) is 4.73. The number of ether oxygens (including phenoxy) is 1. The van der Waals surface area contributed by atoms with E-state index in [0.29, 0.717) is 16.6 Å². The molecule has 1 saturated heterocycles. The number of nitrogens with zero attached hydrogens (tertiary/aromatic N) is 1. The van der Waals surface area contributed by atoms with Crippen LogP contribution in [0.3, 0.4) is 0 Å².